The molecule has 0 saturated heterocycles. The van der Waals surface area contributed by atoms with Gasteiger partial charge in [0.05, 0.1) is 11.1 Å². The molecule has 1 atom stereocenters. The molecule has 0 spiro atoms. The Bertz CT molecular complexity index is 320. The number of rotatable bonds is 1. The maximum atomic E-state index is 9.56. The fourth-order valence-corrected chi connectivity index (χ4v) is 3.02. The molecular weight excluding hydrogens is 184 g/mol. The monoisotopic (exact) mass is 198 g/mol. The molecule has 3 nitrogen and oxygen atoms in total. The molecule has 2 rings (SSSR count). The lowest BCUT2D eigenvalue weighted by atomic mass is 10.0. The molecule has 1 aliphatic heterocycles. The molecule has 4 heteroatoms. The Morgan fingerprint density at radius 3 is 3.08 bits per heavy atom. The molecular formula is C9H14N2OS. The van der Waals surface area contributed by atoms with Crippen LogP contribution < -0.4 is 11.1 Å². The molecule has 1 aromatic heterocycles. The van der Waals surface area contributed by atoms with E-state index in [0.717, 1.165) is 30.1 Å². The summed E-state index contributed by atoms with van der Waals surface area (Å²) in [5.74, 6) is 0. The Hall–Kier alpha value is -0.580. The predicted molar refractivity (Wildman–Crippen MR) is 54.8 cm³/mol. The first kappa shape index (κ1) is 8.99. The molecule has 0 fully saturated rings. The lowest BCUT2D eigenvalue weighted by Gasteiger charge is -2.15. The number of nitrogen functional groups attached to an aromatic ring is 1. The fraction of sp³-hybridized carbons (Fsp3) is 0.556. The van der Waals surface area contributed by atoms with Crippen LogP contribution in [0.1, 0.15) is 29.0 Å². The van der Waals surface area contributed by atoms with Crippen molar-refractivity contribution in [3.8, 4) is 0 Å². The Balaban J connectivity index is 2.48. The second-order valence-electron chi connectivity index (χ2n) is 3.38. The first-order chi connectivity index (χ1) is 6.20. The number of hydrogen-bond donors (Lipinski definition) is 3. The summed E-state index contributed by atoms with van der Waals surface area (Å²) in [4.78, 5) is 1.29. The van der Waals surface area contributed by atoms with Crippen molar-refractivity contribution in [2.24, 2.45) is 0 Å². The summed E-state index contributed by atoms with van der Waals surface area (Å²) in [5.41, 5.74) is 8.09. The minimum absolute atomic E-state index is 0.432. The van der Waals surface area contributed by atoms with Crippen LogP contribution in [-0.2, 0) is 13.0 Å². The van der Waals surface area contributed by atoms with Gasteiger partial charge in [0, 0.05) is 17.0 Å². The maximum Gasteiger partial charge on any atom is 0.0921 e. The molecule has 2 heterocycles. The third-order valence-electron chi connectivity index (χ3n) is 2.42. The second kappa shape index (κ2) is 3.29. The van der Waals surface area contributed by atoms with E-state index in [1.54, 1.807) is 18.3 Å². The van der Waals surface area contributed by atoms with Gasteiger partial charge >= 0.3 is 0 Å². The Morgan fingerprint density at radius 2 is 2.38 bits per heavy atom. The molecule has 0 bridgehead atoms. The van der Waals surface area contributed by atoms with Gasteiger partial charge in [0.25, 0.3) is 0 Å². The second-order valence-corrected chi connectivity index (χ2v) is 4.52. The van der Waals surface area contributed by atoms with Crippen molar-refractivity contribution in [3.05, 3.63) is 16.0 Å². The molecule has 0 aliphatic carbocycles. The Morgan fingerprint density at radius 1 is 1.62 bits per heavy atom. The molecule has 72 valence electrons. The zero-order valence-corrected chi connectivity index (χ0v) is 8.45. The number of nitrogens with one attached hydrogen (secondary N) is 1. The summed E-state index contributed by atoms with van der Waals surface area (Å²) in [6.07, 6.45) is 0.557. The highest BCUT2D eigenvalue weighted by Crippen LogP contribution is 2.36. The summed E-state index contributed by atoms with van der Waals surface area (Å²) in [7, 11) is 0. The van der Waals surface area contributed by atoms with Crippen LogP contribution in [0, 0.1) is 0 Å². The molecule has 0 aromatic carbocycles. The lowest BCUT2D eigenvalue weighted by molar-refractivity contribution is 0.199. The Kier molecular flexibility index (Phi) is 2.27. The standard InChI is InChI=1S/C9H14N2OS/c1-5(12)8-6-2-3-11-4-7(6)13-9(8)10/h5,11-12H,2-4,10H2,1H3. The van der Waals surface area contributed by atoms with E-state index in [9.17, 15) is 5.11 Å². The van der Waals surface area contributed by atoms with Gasteiger partial charge in [-0.25, -0.2) is 0 Å². The highest BCUT2D eigenvalue weighted by atomic mass is 32.1. The highest BCUT2D eigenvalue weighted by Gasteiger charge is 2.21. The molecule has 4 N–H and O–H groups in total. The summed E-state index contributed by atoms with van der Waals surface area (Å²) in [5, 5.41) is 13.6. The number of fused-ring (bicyclic) bond motifs is 1. The van der Waals surface area contributed by atoms with Crippen LogP contribution in [0.3, 0.4) is 0 Å². The van der Waals surface area contributed by atoms with E-state index < -0.39 is 6.10 Å². The van der Waals surface area contributed by atoms with Crippen molar-refractivity contribution in [2.75, 3.05) is 12.3 Å². The molecule has 0 saturated carbocycles. The van der Waals surface area contributed by atoms with Crippen molar-refractivity contribution < 1.29 is 5.11 Å². The number of anilines is 1. The van der Waals surface area contributed by atoms with E-state index in [4.69, 9.17) is 5.73 Å². The summed E-state index contributed by atoms with van der Waals surface area (Å²) < 4.78 is 0. The van der Waals surface area contributed by atoms with Crippen LogP contribution in [0.2, 0.25) is 0 Å². The third-order valence-corrected chi connectivity index (χ3v) is 3.49. The van der Waals surface area contributed by atoms with Gasteiger partial charge < -0.3 is 16.2 Å². The van der Waals surface area contributed by atoms with Crippen LogP contribution in [0.15, 0.2) is 0 Å². The normalized spacial score (nSPS) is 18.3. The average Bonchev–Trinajstić information content (AvgIpc) is 2.39. The number of nitrogens with two attached hydrogens (primary N) is 1. The summed E-state index contributed by atoms with van der Waals surface area (Å²) in [6, 6.07) is 0. The average molecular weight is 198 g/mol. The van der Waals surface area contributed by atoms with E-state index in [1.807, 2.05) is 0 Å². The van der Waals surface area contributed by atoms with Gasteiger partial charge in [0.2, 0.25) is 0 Å². The van der Waals surface area contributed by atoms with E-state index in [0.29, 0.717) is 0 Å². The van der Waals surface area contributed by atoms with E-state index >= 15 is 0 Å². The minimum atomic E-state index is -0.432. The number of hydrogen-bond acceptors (Lipinski definition) is 4. The summed E-state index contributed by atoms with van der Waals surface area (Å²) >= 11 is 1.60. The smallest absolute Gasteiger partial charge is 0.0921 e. The third kappa shape index (κ3) is 1.45. The van der Waals surface area contributed by atoms with Gasteiger partial charge in [-0.05, 0) is 25.5 Å². The van der Waals surface area contributed by atoms with Gasteiger partial charge in [0.15, 0.2) is 0 Å². The SMILES string of the molecule is CC(O)c1c(N)sc2c1CCNC2. The van der Waals surface area contributed by atoms with E-state index in [1.165, 1.54) is 10.4 Å². The van der Waals surface area contributed by atoms with E-state index in [2.05, 4.69) is 5.32 Å². The molecule has 0 amide bonds. The quantitative estimate of drug-likeness (QED) is 0.631. The zero-order chi connectivity index (χ0) is 9.42. The van der Waals surface area contributed by atoms with Crippen LogP contribution in [0.5, 0.6) is 0 Å². The molecule has 1 aliphatic rings. The van der Waals surface area contributed by atoms with Crippen LogP contribution in [-0.4, -0.2) is 11.7 Å². The van der Waals surface area contributed by atoms with Crippen LogP contribution in [0.4, 0.5) is 5.00 Å². The predicted octanol–water partition coefficient (Wildman–Crippen LogP) is 1.03. The highest BCUT2D eigenvalue weighted by molar-refractivity contribution is 7.16. The minimum Gasteiger partial charge on any atom is -0.390 e. The molecule has 13 heavy (non-hydrogen) atoms. The van der Waals surface area contributed by atoms with Crippen LogP contribution >= 0.6 is 11.3 Å². The number of thiophene rings is 1. The first-order valence-corrected chi connectivity index (χ1v) is 5.30. The van der Waals surface area contributed by atoms with Gasteiger partial charge in [0.1, 0.15) is 0 Å². The van der Waals surface area contributed by atoms with Gasteiger partial charge in [-0.2, -0.15) is 0 Å². The molecule has 0 radical (unpaired) electrons. The lowest BCUT2D eigenvalue weighted by Crippen LogP contribution is -2.22. The first-order valence-electron chi connectivity index (χ1n) is 4.49. The zero-order valence-electron chi connectivity index (χ0n) is 7.63. The van der Waals surface area contributed by atoms with Crippen molar-refractivity contribution in [1.82, 2.24) is 5.32 Å². The largest absolute Gasteiger partial charge is 0.390 e. The van der Waals surface area contributed by atoms with Gasteiger partial charge in [-0.1, -0.05) is 0 Å². The molecule has 1 unspecified atom stereocenters. The summed E-state index contributed by atoms with van der Waals surface area (Å²) in [6.45, 7) is 3.67. The number of aliphatic hydroxyl groups is 1. The Labute approximate surface area is 81.6 Å². The maximum absolute atomic E-state index is 9.56. The topological polar surface area (TPSA) is 58.3 Å². The van der Waals surface area contributed by atoms with Crippen LogP contribution in [0.25, 0.3) is 0 Å². The van der Waals surface area contributed by atoms with Crippen molar-refractivity contribution >= 4 is 16.3 Å². The molecule has 1 aromatic rings. The van der Waals surface area contributed by atoms with Crippen molar-refractivity contribution in [1.29, 1.82) is 0 Å². The van der Waals surface area contributed by atoms with Crippen molar-refractivity contribution in [2.45, 2.75) is 26.0 Å². The van der Waals surface area contributed by atoms with Gasteiger partial charge in [-0.15, -0.1) is 11.3 Å². The van der Waals surface area contributed by atoms with Crippen molar-refractivity contribution in [3.63, 3.8) is 0 Å². The fourth-order valence-electron chi connectivity index (χ4n) is 1.84. The number of aliphatic hydroxyl groups excluding tert-OH is 1. The van der Waals surface area contributed by atoms with E-state index in [-0.39, 0.29) is 0 Å². The van der Waals surface area contributed by atoms with Gasteiger partial charge in [-0.3, -0.25) is 0 Å².